The Kier molecular flexibility index (Phi) is 5.32. The van der Waals surface area contributed by atoms with Crippen LogP contribution in [0.3, 0.4) is 0 Å². The molecule has 4 unspecified atom stereocenters. The minimum Gasteiger partial charge on any atom is -0.373 e. The minimum absolute atomic E-state index is 0.181. The third-order valence-electron chi connectivity index (χ3n) is 2.77. The Morgan fingerprint density at radius 1 is 1.59 bits per heavy atom. The highest BCUT2D eigenvalue weighted by molar-refractivity contribution is 8.63. The van der Waals surface area contributed by atoms with Crippen LogP contribution in [0.4, 0.5) is 0 Å². The van der Waals surface area contributed by atoms with Crippen molar-refractivity contribution in [3.8, 4) is 0 Å². The van der Waals surface area contributed by atoms with Crippen molar-refractivity contribution in [2.45, 2.75) is 19.9 Å². The van der Waals surface area contributed by atoms with E-state index in [1.54, 1.807) is 0 Å². The molecule has 2 nitrogen and oxygen atoms in total. The highest BCUT2D eigenvalue weighted by atomic mass is 32.6. The Morgan fingerprint density at radius 2 is 2.41 bits per heavy atom. The summed E-state index contributed by atoms with van der Waals surface area (Å²) >= 11 is 0. The number of aromatic nitrogens is 1. The summed E-state index contributed by atoms with van der Waals surface area (Å²) in [6.07, 6.45) is 7.57. The second-order valence-electron chi connectivity index (χ2n) is 3.99. The summed E-state index contributed by atoms with van der Waals surface area (Å²) in [5.41, 5.74) is 4.08. The summed E-state index contributed by atoms with van der Waals surface area (Å²) in [6.45, 7) is 4.37. The van der Waals surface area contributed by atoms with Gasteiger partial charge in [-0.25, -0.2) is 0 Å². The predicted molar refractivity (Wildman–Crippen MR) is 88.3 cm³/mol. The monoisotopic (exact) mass is 302 g/mol. The van der Waals surface area contributed by atoms with Gasteiger partial charge in [0, 0.05) is 24.8 Å². The first kappa shape index (κ1) is 13.8. The van der Waals surface area contributed by atoms with Crippen LogP contribution in [-0.4, -0.2) is 16.4 Å². The van der Waals surface area contributed by atoms with E-state index in [0.717, 1.165) is 21.0 Å². The average molecular weight is 302 g/mol. The molecule has 0 aromatic carbocycles. The molecule has 92 valence electrons. The second-order valence-corrected chi connectivity index (χ2v) is 13.1. The van der Waals surface area contributed by atoms with Crippen molar-refractivity contribution in [2.24, 2.45) is 0 Å². The molecule has 1 aromatic rings. The minimum atomic E-state index is -0.181. The van der Waals surface area contributed by atoms with Gasteiger partial charge in [0.05, 0.1) is 5.44 Å². The molecular formula is C11H18N2P4. The molecule has 0 fully saturated rings. The van der Waals surface area contributed by atoms with Crippen LogP contribution in [0.2, 0.25) is 0 Å². The van der Waals surface area contributed by atoms with Crippen LogP contribution in [0.1, 0.15) is 24.5 Å². The average Bonchev–Trinajstić information content (AvgIpc) is 2.37. The Hall–Kier alpha value is 0.410. The van der Waals surface area contributed by atoms with Crippen molar-refractivity contribution in [1.29, 1.82) is 0 Å². The molecule has 0 saturated heterocycles. The first-order valence-electron chi connectivity index (χ1n) is 5.67. The first-order valence-corrected chi connectivity index (χ1v) is 12.3. The van der Waals surface area contributed by atoms with Crippen molar-refractivity contribution in [1.82, 2.24) is 9.88 Å². The summed E-state index contributed by atoms with van der Waals surface area (Å²) in [5.74, 6) is 0. The molecule has 0 aliphatic carbocycles. The van der Waals surface area contributed by atoms with E-state index in [0.29, 0.717) is 0 Å². The van der Waals surface area contributed by atoms with Crippen molar-refractivity contribution >= 4 is 44.6 Å². The lowest BCUT2D eigenvalue weighted by Gasteiger charge is -2.27. The molecule has 0 N–H and O–H groups in total. The standard InChI is InChI=1S/C11H18N2P4/c1-2-6-13-7-4-9-3-5-12-11(10(9)8-13)17(15)16-14/h3-5,7,16H,2,6,8,14-15H2,1H3. The van der Waals surface area contributed by atoms with E-state index >= 15 is 0 Å². The number of rotatable bonds is 4. The first-order chi connectivity index (χ1) is 8.26. The van der Waals surface area contributed by atoms with Gasteiger partial charge in [-0.15, -0.1) is 17.9 Å². The topological polar surface area (TPSA) is 16.1 Å². The lowest BCUT2D eigenvalue weighted by atomic mass is 10.1. The molecule has 1 aliphatic rings. The lowest BCUT2D eigenvalue weighted by molar-refractivity contribution is 0.367. The molecule has 0 bridgehead atoms. The Balaban J connectivity index is 2.32. The van der Waals surface area contributed by atoms with Gasteiger partial charge in [0.15, 0.2) is 0 Å². The summed E-state index contributed by atoms with van der Waals surface area (Å²) in [7, 11) is 6.51. The Morgan fingerprint density at radius 3 is 3.12 bits per heavy atom. The molecule has 4 atom stereocenters. The Labute approximate surface area is 111 Å². The summed E-state index contributed by atoms with van der Waals surface area (Å²) in [5, 5.41) is 0. The van der Waals surface area contributed by atoms with E-state index in [-0.39, 0.29) is 7.30 Å². The quantitative estimate of drug-likeness (QED) is 0.791. The van der Waals surface area contributed by atoms with E-state index in [9.17, 15) is 0 Å². The molecule has 0 saturated carbocycles. The van der Waals surface area contributed by atoms with Crippen molar-refractivity contribution in [3.63, 3.8) is 0 Å². The van der Waals surface area contributed by atoms with Gasteiger partial charge in [-0.1, -0.05) is 14.9 Å². The van der Waals surface area contributed by atoms with Crippen LogP contribution in [0.25, 0.3) is 6.08 Å². The molecule has 2 rings (SSSR count). The largest absolute Gasteiger partial charge is 0.373 e. The molecule has 17 heavy (non-hydrogen) atoms. The zero-order chi connectivity index (χ0) is 12.3. The van der Waals surface area contributed by atoms with E-state index < -0.39 is 0 Å². The Bertz CT molecular complexity index is 422. The van der Waals surface area contributed by atoms with Crippen LogP contribution in [0.5, 0.6) is 0 Å². The number of hydrogen-bond acceptors (Lipinski definition) is 2. The maximum atomic E-state index is 4.60. The van der Waals surface area contributed by atoms with Crippen LogP contribution in [-0.2, 0) is 6.54 Å². The molecule has 1 aliphatic heterocycles. The van der Waals surface area contributed by atoms with Gasteiger partial charge in [-0.05, 0) is 37.6 Å². The van der Waals surface area contributed by atoms with Gasteiger partial charge >= 0.3 is 0 Å². The van der Waals surface area contributed by atoms with Gasteiger partial charge in [-0.3, -0.25) is 4.98 Å². The van der Waals surface area contributed by atoms with E-state index in [1.807, 2.05) is 6.20 Å². The maximum Gasteiger partial charge on any atom is 0.0768 e. The van der Waals surface area contributed by atoms with Gasteiger partial charge in [0.2, 0.25) is 0 Å². The van der Waals surface area contributed by atoms with E-state index in [2.05, 4.69) is 53.0 Å². The summed E-state index contributed by atoms with van der Waals surface area (Å²) in [4.78, 5) is 6.98. The van der Waals surface area contributed by atoms with E-state index in [4.69, 9.17) is 0 Å². The van der Waals surface area contributed by atoms with Crippen molar-refractivity contribution < 1.29 is 0 Å². The zero-order valence-corrected chi connectivity index (χ0v) is 14.1. The second kappa shape index (κ2) is 6.54. The normalized spacial score (nSPS) is 16.5. The SMILES string of the molecule is CCCN1C=Cc2ccnc(P(P)PP)c2C1. The fraction of sp³-hybridized carbons (Fsp3) is 0.364. The van der Waals surface area contributed by atoms with Crippen LogP contribution < -0.4 is 5.44 Å². The third kappa shape index (κ3) is 3.24. The number of pyridine rings is 1. The molecule has 6 heteroatoms. The van der Waals surface area contributed by atoms with Crippen LogP contribution >= 0.6 is 33.1 Å². The number of nitrogens with zero attached hydrogens (tertiary/aromatic N) is 2. The van der Waals surface area contributed by atoms with Gasteiger partial charge in [-0.2, -0.15) is 0 Å². The summed E-state index contributed by atoms with van der Waals surface area (Å²) < 4.78 is 0. The lowest BCUT2D eigenvalue weighted by Crippen LogP contribution is -2.25. The van der Waals surface area contributed by atoms with Crippen LogP contribution in [0.15, 0.2) is 18.5 Å². The fourth-order valence-corrected chi connectivity index (χ4v) is 5.48. The smallest absolute Gasteiger partial charge is 0.0768 e. The van der Waals surface area contributed by atoms with Gasteiger partial charge in [0.25, 0.3) is 0 Å². The van der Waals surface area contributed by atoms with Gasteiger partial charge in [0.1, 0.15) is 0 Å². The highest BCUT2D eigenvalue weighted by Crippen LogP contribution is 2.65. The molecule has 0 amide bonds. The molecule has 0 radical (unpaired) electrons. The van der Waals surface area contributed by atoms with Crippen molar-refractivity contribution in [2.75, 3.05) is 6.54 Å². The molecular weight excluding hydrogens is 284 g/mol. The van der Waals surface area contributed by atoms with Crippen molar-refractivity contribution in [3.05, 3.63) is 29.6 Å². The molecule has 0 spiro atoms. The predicted octanol–water partition coefficient (Wildman–Crippen LogP) is 3.56. The summed E-state index contributed by atoms with van der Waals surface area (Å²) in [6, 6.07) is 2.12. The zero-order valence-electron chi connectivity index (χ0n) is 9.93. The highest BCUT2D eigenvalue weighted by Gasteiger charge is 2.17. The third-order valence-corrected chi connectivity index (χ3v) is 12.6. The fourth-order valence-electron chi connectivity index (χ4n) is 1.96. The van der Waals surface area contributed by atoms with E-state index in [1.165, 1.54) is 23.0 Å². The number of fused-ring (bicyclic) bond motifs is 1. The molecule has 2 heterocycles. The maximum absolute atomic E-state index is 4.60. The van der Waals surface area contributed by atoms with Gasteiger partial charge < -0.3 is 4.90 Å². The number of hydrogen-bond donors (Lipinski definition) is 0. The van der Waals surface area contributed by atoms with Crippen LogP contribution in [0, 0.1) is 0 Å². The molecule has 1 aromatic heterocycles.